The van der Waals surface area contributed by atoms with Gasteiger partial charge in [0, 0.05) is 15.6 Å². The van der Waals surface area contributed by atoms with Gasteiger partial charge in [0.15, 0.2) is 0 Å². The molecule has 1 unspecified atom stereocenters. The molecular formula is C23H16BrN3O. The summed E-state index contributed by atoms with van der Waals surface area (Å²) in [6.45, 7) is 0. The molecule has 5 rings (SSSR count). The van der Waals surface area contributed by atoms with E-state index in [1.807, 2.05) is 84.9 Å². The van der Waals surface area contributed by atoms with Crippen LogP contribution in [0, 0.1) is 0 Å². The first kappa shape index (κ1) is 17.0. The summed E-state index contributed by atoms with van der Waals surface area (Å²) in [6.07, 6.45) is 0. The molecule has 1 amide bonds. The van der Waals surface area contributed by atoms with E-state index >= 15 is 0 Å². The molecule has 0 saturated heterocycles. The highest BCUT2D eigenvalue weighted by Gasteiger charge is 2.38. The van der Waals surface area contributed by atoms with Gasteiger partial charge in [-0.1, -0.05) is 76.6 Å². The minimum atomic E-state index is -0.233. The standard InChI is InChI=1S/C23H16BrN3O/c24-17-13-11-16(12-14-17)20-19-21(15-7-3-1-4-8-15)26-27(22(19)23(28)25-20)18-9-5-2-6-10-18/h1-14,20H,(H,25,28). The lowest BCUT2D eigenvalue weighted by atomic mass is 9.97. The number of carbonyl (C=O) groups is 1. The van der Waals surface area contributed by atoms with Crippen molar-refractivity contribution >= 4 is 21.8 Å². The molecule has 3 aromatic carbocycles. The maximum atomic E-state index is 13.0. The summed E-state index contributed by atoms with van der Waals surface area (Å²) in [5, 5.41) is 8.00. The zero-order valence-corrected chi connectivity index (χ0v) is 16.4. The van der Waals surface area contributed by atoms with Crippen molar-refractivity contribution in [3.63, 3.8) is 0 Å². The van der Waals surface area contributed by atoms with E-state index in [2.05, 4.69) is 21.2 Å². The molecule has 0 bridgehead atoms. The normalized spacial score (nSPS) is 15.3. The minimum Gasteiger partial charge on any atom is -0.340 e. The van der Waals surface area contributed by atoms with Crippen molar-refractivity contribution < 1.29 is 4.79 Å². The van der Waals surface area contributed by atoms with Crippen LogP contribution >= 0.6 is 15.9 Å². The average Bonchev–Trinajstić information content (AvgIpc) is 3.29. The van der Waals surface area contributed by atoms with E-state index in [0.29, 0.717) is 5.69 Å². The first-order valence-corrected chi connectivity index (χ1v) is 9.82. The maximum Gasteiger partial charge on any atom is 0.271 e. The Balaban J connectivity index is 1.76. The molecule has 0 fully saturated rings. The maximum absolute atomic E-state index is 13.0. The third-order valence-electron chi connectivity index (χ3n) is 4.95. The summed E-state index contributed by atoms with van der Waals surface area (Å²) in [6, 6.07) is 27.6. The van der Waals surface area contributed by atoms with Gasteiger partial charge < -0.3 is 5.32 Å². The lowest BCUT2D eigenvalue weighted by Crippen LogP contribution is -2.22. The molecule has 0 spiro atoms. The Morgan fingerprint density at radius 3 is 2.18 bits per heavy atom. The topological polar surface area (TPSA) is 46.9 Å². The summed E-state index contributed by atoms with van der Waals surface area (Å²) in [4.78, 5) is 13.0. The summed E-state index contributed by atoms with van der Waals surface area (Å²) >= 11 is 3.48. The van der Waals surface area contributed by atoms with Gasteiger partial charge >= 0.3 is 0 Å². The molecule has 5 heteroatoms. The SMILES string of the molecule is O=C1NC(c2ccc(Br)cc2)c2c(-c3ccccc3)nn(-c3ccccc3)c21. The molecule has 0 radical (unpaired) electrons. The molecule has 1 aliphatic rings. The van der Waals surface area contributed by atoms with Gasteiger partial charge in [-0.3, -0.25) is 4.79 Å². The van der Waals surface area contributed by atoms with Gasteiger partial charge in [0.25, 0.3) is 5.91 Å². The van der Waals surface area contributed by atoms with Crippen LogP contribution in [0.3, 0.4) is 0 Å². The summed E-state index contributed by atoms with van der Waals surface area (Å²) < 4.78 is 2.76. The van der Waals surface area contributed by atoms with Crippen LogP contribution in [0.15, 0.2) is 89.4 Å². The number of nitrogens with one attached hydrogen (secondary N) is 1. The fraction of sp³-hybridized carbons (Fsp3) is 0.0435. The van der Waals surface area contributed by atoms with Crippen molar-refractivity contribution in [1.29, 1.82) is 0 Å². The lowest BCUT2D eigenvalue weighted by molar-refractivity contribution is 0.0953. The van der Waals surface area contributed by atoms with E-state index in [1.165, 1.54) is 0 Å². The smallest absolute Gasteiger partial charge is 0.271 e. The highest BCUT2D eigenvalue weighted by atomic mass is 79.9. The number of rotatable bonds is 3. The van der Waals surface area contributed by atoms with Crippen LogP contribution < -0.4 is 5.32 Å². The van der Waals surface area contributed by atoms with Crippen LogP contribution in [0.1, 0.15) is 27.7 Å². The molecular weight excluding hydrogens is 414 g/mol. The quantitative estimate of drug-likeness (QED) is 0.490. The summed E-state index contributed by atoms with van der Waals surface area (Å²) in [7, 11) is 0. The van der Waals surface area contributed by atoms with Crippen LogP contribution in [-0.4, -0.2) is 15.7 Å². The fourth-order valence-corrected chi connectivity index (χ4v) is 3.93. The van der Waals surface area contributed by atoms with E-state index in [4.69, 9.17) is 5.10 Å². The van der Waals surface area contributed by atoms with Crippen LogP contribution in [0.5, 0.6) is 0 Å². The molecule has 1 aromatic heterocycles. The highest BCUT2D eigenvalue weighted by Crippen LogP contribution is 2.39. The monoisotopic (exact) mass is 429 g/mol. The van der Waals surface area contributed by atoms with Gasteiger partial charge in [-0.05, 0) is 29.8 Å². The Morgan fingerprint density at radius 2 is 1.50 bits per heavy atom. The predicted molar refractivity (Wildman–Crippen MR) is 112 cm³/mol. The Bertz CT molecular complexity index is 1150. The van der Waals surface area contributed by atoms with Crippen molar-refractivity contribution in [2.24, 2.45) is 0 Å². The van der Waals surface area contributed by atoms with Crippen molar-refractivity contribution in [3.8, 4) is 16.9 Å². The number of nitrogens with zero attached hydrogens (tertiary/aromatic N) is 2. The Hall–Kier alpha value is -3.18. The molecule has 4 nitrogen and oxygen atoms in total. The molecule has 136 valence electrons. The van der Waals surface area contributed by atoms with Gasteiger partial charge in [0.05, 0.1) is 17.4 Å². The molecule has 1 aliphatic heterocycles. The average molecular weight is 430 g/mol. The van der Waals surface area contributed by atoms with E-state index in [1.54, 1.807) is 4.68 Å². The van der Waals surface area contributed by atoms with Crippen LogP contribution in [0.2, 0.25) is 0 Å². The largest absolute Gasteiger partial charge is 0.340 e. The number of amides is 1. The number of para-hydroxylation sites is 1. The molecule has 0 saturated carbocycles. The molecule has 1 N–H and O–H groups in total. The molecule has 2 heterocycles. The second-order valence-electron chi connectivity index (χ2n) is 6.68. The Morgan fingerprint density at radius 1 is 0.857 bits per heavy atom. The number of aromatic nitrogens is 2. The van der Waals surface area contributed by atoms with Crippen LogP contribution in [-0.2, 0) is 0 Å². The second-order valence-corrected chi connectivity index (χ2v) is 7.60. The number of carbonyl (C=O) groups excluding carboxylic acids is 1. The Labute approximate surface area is 171 Å². The van der Waals surface area contributed by atoms with Gasteiger partial charge in [-0.25, -0.2) is 4.68 Å². The third kappa shape index (κ3) is 2.75. The van der Waals surface area contributed by atoms with Crippen LogP contribution in [0.25, 0.3) is 16.9 Å². The molecule has 4 aromatic rings. The van der Waals surface area contributed by atoms with Crippen molar-refractivity contribution in [1.82, 2.24) is 15.1 Å². The Kier molecular flexibility index (Phi) is 4.10. The van der Waals surface area contributed by atoms with E-state index in [-0.39, 0.29) is 11.9 Å². The summed E-state index contributed by atoms with van der Waals surface area (Å²) in [5.41, 5.74) is 5.23. The van der Waals surface area contributed by atoms with Gasteiger partial charge in [-0.15, -0.1) is 0 Å². The number of hydrogen-bond acceptors (Lipinski definition) is 2. The number of hydrogen-bond donors (Lipinski definition) is 1. The molecule has 1 atom stereocenters. The first-order valence-electron chi connectivity index (χ1n) is 9.02. The minimum absolute atomic E-state index is 0.110. The summed E-state index contributed by atoms with van der Waals surface area (Å²) in [5.74, 6) is -0.110. The lowest BCUT2D eigenvalue weighted by Gasteiger charge is -2.13. The zero-order valence-electron chi connectivity index (χ0n) is 14.8. The van der Waals surface area contributed by atoms with E-state index in [0.717, 1.165) is 32.5 Å². The first-order chi connectivity index (χ1) is 13.7. The third-order valence-corrected chi connectivity index (χ3v) is 5.48. The zero-order chi connectivity index (χ0) is 19.1. The highest BCUT2D eigenvalue weighted by molar-refractivity contribution is 9.10. The molecule has 0 aliphatic carbocycles. The van der Waals surface area contributed by atoms with E-state index in [9.17, 15) is 4.79 Å². The van der Waals surface area contributed by atoms with Crippen molar-refractivity contribution in [2.75, 3.05) is 0 Å². The van der Waals surface area contributed by atoms with Gasteiger partial charge in [-0.2, -0.15) is 5.10 Å². The second kappa shape index (κ2) is 6.77. The predicted octanol–water partition coefficient (Wildman–Crippen LogP) is 5.13. The molecule has 28 heavy (non-hydrogen) atoms. The number of benzene rings is 3. The number of halogens is 1. The van der Waals surface area contributed by atoms with Crippen LogP contribution in [0.4, 0.5) is 0 Å². The fourth-order valence-electron chi connectivity index (χ4n) is 3.66. The van der Waals surface area contributed by atoms with Crippen molar-refractivity contribution in [3.05, 3.63) is 106 Å². The van der Waals surface area contributed by atoms with Crippen molar-refractivity contribution in [2.45, 2.75) is 6.04 Å². The van der Waals surface area contributed by atoms with Gasteiger partial charge in [0.1, 0.15) is 5.69 Å². The number of fused-ring (bicyclic) bond motifs is 1. The van der Waals surface area contributed by atoms with Gasteiger partial charge in [0.2, 0.25) is 0 Å². The van der Waals surface area contributed by atoms with E-state index < -0.39 is 0 Å².